The fourth-order valence-corrected chi connectivity index (χ4v) is 3.35. The van der Waals surface area contributed by atoms with Gasteiger partial charge in [-0.05, 0) is 52.7 Å². The van der Waals surface area contributed by atoms with Crippen molar-refractivity contribution in [3.8, 4) is 11.4 Å². The summed E-state index contributed by atoms with van der Waals surface area (Å²) in [6.45, 7) is 2.90. The minimum Gasteiger partial charge on any atom is -0.487 e. The molecule has 1 amide bonds. The van der Waals surface area contributed by atoms with Gasteiger partial charge in [-0.3, -0.25) is 14.2 Å². The van der Waals surface area contributed by atoms with Crippen LogP contribution < -0.4 is 15.6 Å². The number of amides is 1. The van der Waals surface area contributed by atoms with Crippen molar-refractivity contribution < 1.29 is 22.7 Å². The molecule has 0 aliphatic heterocycles. The molecule has 1 heterocycles. The Morgan fingerprint density at radius 3 is 2.48 bits per heavy atom. The van der Waals surface area contributed by atoms with E-state index < -0.39 is 23.0 Å². The smallest absolute Gasteiger partial charge is 0.273 e. The van der Waals surface area contributed by atoms with Crippen LogP contribution in [0.4, 0.5) is 13.2 Å². The summed E-state index contributed by atoms with van der Waals surface area (Å²) in [4.78, 5) is 23.9. The number of rotatable bonds is 6. The van der Waals surface area contributed by atoms with Crippen molar-refractivity contribution in [2.24, 2.45) is 0 Å². The van der Waals surface area contributed by atoms with Crippen molar-refractivity contribution in [3.63, 3.8) is 0 Å². The second-order valence-corrected chi connectivity index (χ2v) is 7.62. The summed E-state index contributed by atoms with van der Waals surface area (Å²) in [5.74, 6) is -2.20. The lowest BCUT2D eigenvalue weighted by Gasteiger charge is -2.16. The quantitative estimate of drug-likeness (QED) is 0.547. The summed E-state index contributed by atoms with van der Waals surface area (Å²) in [7, 11) is 0. The molecule has 0 fully saturated rings. The Hall–Kier alpha value is -3.07. The van der Waals surface area contributed by atoms with Gasteiger partial charge in [0.15, 0.2) is 0 Å². The van der Waals surface area contributed by atoms with Crippen LogP contribution in [0.3, 0.4) is 0 Å². The highest BCUT2D eigenvalue weighted by Gasteiger charge is 2.17. The van der Waals surface area contributed by atoms with Gasteiger partial charge in [0.25, 0.3) is 5.56 Å². The molecule has 0 bridgehead atoms. The van der Waals surface area contributed by atoms with Crippen LogP contribution in [0.1, 0.15) is 23.7 Å². The second-order valence-electron chi connectivity index (χ2n) is 6.82. The van der Waals surface area contributed by atoms with E-state index in [9.17, 15) is 22.8 Å². The Labute approximate surface area is 184 Å². The predicted molar refractivity (Wildman–Crippen MR) is 113 cm³/mol. The molecule has 0 radical (unpaired) electrons. The van der Waals surface area contributed by atoms with Gasteiger partial charge in [-0.1, -0.05) is 6.07 Å². The number of aromatic nitrogens is 1. The maximum atomic E-state index is 14.7. The maximum Gasteiger partial charge on any atom is 0.273 e. The highest BCUT2D eigenvalue weighted by atomic mass is 79.9. The summed E-state index contributed by atoms with van der Waals surface area (Å²) in [5, 5.41) is 2.58. The first-order valence-corrected chi connectivity index (χ1v) is 9.98. The van der Waals surface area contributed by atoms with Crippen LogP contribution in [-0.2, 0) is 17.9 Å². The molecule has 5 nitrogen and oxygen atoms in total. The first kappa shape index (κ1) is 22.6. The van der Waals surface area contributed by atoms with Crippen molar-refractivity contribution in [2.45, 2.75) is 27.0 Å². The molecule has 0 saturated heterocycles. The van der Waals surface area contributed by atoms with Gasteiger partial charge in [0.1, 0.15) is 34.3 Å². The first-order chi connectivity index (χ1) is 14.7. The van der Waals surface area contributed by atoms with Gasteiger partial charge in [0.2, 0.25) is 5.91 Å². The van der Waals surface area contributed by atoms with Crippen molar-refractivity contribution in [1.29, 1.82) is 0 Å². The third-order valence-electron chi connectivity index (χ3n) is 4.49. The van der Waals surface area contributed by atoms with E-state index in [0.29, 0.717) is 11.3 Å². The SMILES string of the molecule is CC(=O)NCc1ccc(-n2c(C)cc(OCc3ccc(F)cc3F)c(Br)c2=O)c(F)c1. The summed E-state index contributed by atoms with van der Waals surface area (Å²) in [6.07, 6.45) is 0. The fourth-order valence-electron chi connectivity index (χ4n) is 2.95. The molecule has 0 saturated carbocycles. The first-order valence-electron chi connectivity index (χ1n) is 9.19. The van der Waals surface area contributed by atoms with Crippen molar-refractivity contribution in [2.75, 3.05) is 0 Å². The molecule has 0 atom stereocenters. The van der Waals surface area contributed by atoms with Gasteiger partial charge >= 0.3 is 0 Å². The molecule has 0 unspecified atom stereocenters. The molecule has 3 aromatic rings. The molecule has 3 rings (SSSR count). The summed E-state index contributed by atoms with van der Waals surface area (Å²) >= 11 is 3.16. The standard InChI is InChI=1S/C22H18BrF3N2O3/c1-12-7-20(31-11-15-4-5-16(24)9-17(15)25)21(23)22(30)28(12)19-6-3-14(8-18(19)26)10-27-13(2)29/h3-9H,10-11H2,1-2H3,(H,27,29). The minimum absolute atomic E-state index is 0.0299. The number of hydrogen-bond acceptors (Lipinski definition) is 3. The fraction of sp³-hybridized carbons (Fsp3) is 0.182. The third kappa shape index (κ3) is 5.16. The van der Waals surface area contributed by atoms with E-state index in [1.807, 2.05) is 0 Å². The Balaban J connectivity index is 1.89. The average molecular weight is 495 g/mol. The molecule has 0 aliphatic rings. The predicted octanol–water partition coefficient (Wildman–Crippen LogP) is 4.54. The van der Waals surface area contributed by atoms with Crippen LogP contribution in [0.15, 0.2) is 51.7 Å². The minimum atomic E-state index is -0.761. The van der Waals surface area contributed by atoms with Gasteiger partial charge in [0, 0.05) is 36.9 Å². The molecule has 1 aromatic heterocycles. The highest BCUT2D eigenvalue weighted by molar-refractivity contribution is 9.10. The molecule has 9 heteroatoms. The topological polar surface area (TPSA) is 60.3 Å². The van der Waals surface area contributed by atoms with Crippen LogP contribution in [0.25, 0.3) is 5.69 Å². The van der Waals surface area contributed by atoms with E-state index in [-0.39, 0.29) is 40.5 Å². The Bertz CT molecular complexity index is 1210. The Morgan fingerprint density at radius 1 is 1.10 bits per heavy atom. The highest BCUT2D eigenvalue weighted by Crippen LogP contribution is 2.26. The van der Waals surface area contributed by atoms with E-state index in [0.717, 1.165) is 12.1 Å². The number of benzene rings is 2. The molecule has 162 valence electrons. The van der Waals surface area contributed by atoms with Gasteiger partial charge in [-0.25, -0.2) is 13.2 Å². The van der Waals surface area contributed by atoms with Crippen LogP contribution in [0.2, 0.25) is 0 Å². The normalized spacial score (nSPS) is 10.8. The Morgan fingerprint density at radius 2 is 1.84 bits per heavy atom. The van der Waals surface area contributed by atoms with Gasteiger partial charge in [-0.15, -0.1) is 0 Å². The molecular formula is C22H18BrF3N2O3. The largest absolute Gasteiger partial charge is 0.487 e. The number of ether oxygens (including phenoxy) is 1. The maximum absolute atomic E-state index is 14.7. The molecule has 0 spiro atoms. The van der Waals surface area contributed by atoms with Crippen LogP contribution in [-0.4, -0.2) is 10.5 Å². The van der Waals surface area contributed by atoms with Crippen LogP contribution >= 0.6 is 15.9 Å². The zero-order valence-corrected chi connectivity index (χ0v) is 18.2. The number of carbonyl (C=O) groups excluding carboxylic acids is 1. The summed E-state index contributed by atoms with van der Waals surface area (Å²) < 4.78 is 48.3. The molecule has 1 N–H and O–H groups in total. The van der Waals surface area contributed by atoms with Crippen molar-refractivity contribution >= 4 is 21.8 Å². The third-order valence-corrected chi connectivity index (χ3v) is 5.22. The number of halogens is 4. The Kier molecular flexibility index (Phi) is 6.84. The zero-order valence-electron chi connectivity index (χ0n) is 16.6. The van der Waals surface area contributed by atoms with E-state index >= 15 is 0 Å². The zero-order chi connectivity index (χ0) is 22.7. The van der Waals surface area contributed by atoms with E-state index in [1.165, 1.54) is 35.8 Å². The number of nitrogens with zero attached hydrogens (tertiary/aromatic N) is 1. The number of nitrogens with one attached hydrogen (secondary N) is 1. The monoisotopic (exact) mass is 494 g/mol. The lowest BCUT2D eigenvalue weighted by Crippen LogP contribution is -2.23. The van der Waals surface area contributed by atoms with Crippen molar-refractivity contribution in [3.05, 3.63) is 91.6 Å². The van der Waals surface area contributed by atoms with E-state index in [1.54, 1.807) is 13.0 Å². The van der Waals surface area contributed by atoms with Gasteiger partial charge in [-0.2, -0.15) is 0 Å². The molecule has 31 heavy (non-hydrogen) atoms. The molecular weight excluding hydrogens is 477 g/mol. The van der Waals surface area contributed by atoms with E-state index in [4.69, 9.17) is 4.74 Å². The average Bonchev–Trinajstić information content (AvgIpc) is 2.70. The lowest BCUT2D eigenvalue weighted by atomic mass is 10.1. The summed E-state index contributed by atoms with van der Waals surface area (Å²) in [5.41, 5.74) is 0.517. The number of hydrogen-bond donors (Lipinski definition) is 1. The number of pyridine rings is 1. The van der Waals surface area contributed by atoms with Gasteiger partial charge in [0.05, 0.1) is 5.69 Å². The number of aryl methyl sites for hydroxylation is 1. The van der Waals surface area contributed by atoms with Gasteiger partial charge < -0.3 is 10.1 Å². The second kappa shape index (κ2) is 9.38. The summed E-state index contributed by atoms with van der Waals surface area (Å²) in [6, 6.07) is 8.92. The lowest BCUT2D eigenvalue weighted by molar-refractivity contribution is -0.119. The molecule has 2 aromatic carbocycles. The number of carbonyl (C=O) groups is 1. The molecule has 0 aliphatic carbocycles. The van der Waals surface area contributed by atoms with Crippen LogP contribution in [0.5, 0.6) is 5.75 Å². The van der Waals surface area contributed by atoms with Crippen molar-refractivity contribution in [1.82, 2.24) is 9.88 Å². The van der Waals surface area contributed by atoms with E-state index in [2.05, 4.69) is 21.2 Å². The van der Waals surface area contributed by atoms with Crippen LogP contribution in [0, 0.1) is 24.4 Å².